The fourth-order valence-electron chi connectivity index (χ4n) is 4.05. The van der Waals surface area contributed by atoms with Gasteiger partial charge in [0.1, 0.15) is 6.61 Å². The maximum absolute atomic E-state index is 14.6. The smallest absolute Gasteiger partial charge is 0.224 e. The number of carbonyl (C=O) groups excluding carboxylic acids is 1. The van der Waals surface area contributed by atoms with Crippen molar-refractivity contribution in [3.63, 3.8) is 0 Å². The number of fused-ring (bicyclic) bond motifs is 1. The predicted octanol–water partition coefficient (Wildman–Crippen LogP) is 2.62. The van der Waals surface area contributed by atoms with Crippen molar-refractivity contribution in [2.24, 2.45) is 5.92 Å². The van der Waals surface area contributed by atoms with Crippen molar-refractivity contribution >= 4 is 22.5 Å². The molecule has 0 aliphatic carbocycles. The van der Waals surface area contributed by atoms with Crippen LogP contribution in [-0.2, 0) is 4.79 Å². The van der Waals surface area contributed by atoms with Gasteiger partial charge >= 0.3 is 0 Å². The molecule has 0 bridgehead atoms. The summed E-state index contributed by atoms with van der Waals surface area (Å²) in [4.78, 5) is 23.4. The number of rotatable bonds is 8. The van der Waals surface area contributed by atoms with E-state index in [1.807, 2.05) is 19.2 Å². The third-order valence-corrected chi connectivity index (χ3v) is 5.84. The highest BCUT2D eigenvalue weighted by Crippen LogP contribution is 2.36. The minimum absolute atomic E-state index is 0.0157. The SMILES string of the molecule is CNCCOc1ccc(-c2cc(N3CCC(C(=O)NC)C3)c3cc(F)c(OC)cc3n2)cn1. The molecule has 0 radical (unpaired) electrons. The van der Waals surface area contributed by atoms with Crippen LogP contribution in [0.1, 0.15) is 6.42 Å². The molecule has 1 amide bonds. The molecule has 0 spiro atoms. The third-order valence-electron chi connectivity index (χ3n) is 5.84. The molecule has 3 heterocycles. The number of nitrogens with one attached hydrogen (secondary N) is 2. The topological polar surface area (TPSA) is 88.6 Å². The van der Waals surface area contributed by atoms with E-state index in [9.17, 15) is 9.18 Å². The summed E-state index contributed by atoms with van der Waals surface area (Å²) in [7, 11) is 4.94. The summed E-state index contributed by atoms with van der Waals surface area (Å²) in [5.74, 6) is 0.121. The molecule has 0 saturated carbocycles. The van der Waals surface area contributed by atoms with Crippen LogP contribution in [0.2, 0.25) is 0 Å². The maximum Gasteiger partial charge on any atom is 0.224 e. The van der Waals surface area contributed by atoms with Gasteiger partial charge in [-0.15, -0.1) is 0 Å². The van der Waals surface area contributed by atoms with Crippen molar-refractivity contribution in [2.75, 3.05) is 52.3 Å². The molecule has 2 N–H and O–H groups in total. The minimum Gasteiger partial charge on any atom is -0.494 e. The first-order chi connectivity index (χ1) is 16.0. The highest BCUT2D eigenvalue weighted by molar-refractivity contribution is 5.95. The second-order valence-corrected chi connectivity index (χ2v) is 7.91. The molecule has 1 aliphatic heterocycles. The number of nitrogens with zero attached hydrogens (tertiary/aromatic N) is 3. The number of amides is 1. The molecule has 9 heteroatoms. The van der Waals surface area contributed by atoms with Crippen LogP contribution in [0.25, 0.3) is 22.2 Å². The number of pyridine rings is 2. The van der Waals surface area contributed by atoms with E-state index in [-0.39, 0.29) is 17.6 Å². The van der Waals surface area contributed by atoms with Crippen molar-refractivity contribution in [1.29, 1.82) is 0 Å². The predicted molar refractivity (Wildman–Crippen MR) is 125 cm³/mol. The summed E-state index contributed by atoms with van der Waals surface area (Å²) in [5.41, 5.74) is 2.95. The van der Waals surface area contributed by atoms with Crippen LogP contribution in [-0.4, -0.2) is 63.3 Å². The Labute approximate surface area is 192 Å². The molecule has 1 fully saturated rings. The number of ether oxygens (including phenoxy) is 2. The number of hydrogen-bond donors (Lipinski definition) is 2. The van der Waals surface area contributed by atoms with Crippen LogP contribution >= 0.6 is 0 Å². The molecule has 1 atom stereocenters. The Kier molecular flexibility index (Phi) is 6.88. The molecular formula is C24H28FN5O3. The molecule has 1 unspecified atom stereocenters. The van der Waals surface area contributed by atoms with E-state index in [4.69, 9.17) is 14.5 Å². The second kappa shape index (κ2) is 9.99. The van der Waals surface area contributed by atoms with Crippen molar-refractivity contribution in [1.82, 2.24) is 20.6 Å². The molecule has 8 nitrogen and oxygen atoms in total. The van der Waals surface area contributed by atoms with Crippen LogP contribution in [0.4, 0.5) is 10.1 Å². The molecular weight excluding hydrogens is 425 g/mol. The van der Waals surface area contributed by atoms with Gasteiger partial charge in [-0.05, 0) is 31.7 Å². The number of benzene rings is 1. The molecule has 1 saturated heterocycles. The Morgan fingerprint density at radius 1 is 1.27 bits per heavy atom. The molecule has 3 aromatic rings. The van der Waals surface area contributed by atoms with Gasteiger partial charge in [-0.2, -0.15) is 0 Å². The zero-order valence-electron chi connectivity index (χ0n) is 19.0. The van der Waals surface area contributed by atoms with Crippen LogP contribution in [0.15, 0.2) is 36.5 Å². The van der Waals surface area contributed by atoms with Crippen LogP contribution in [0.5, 0.6) is 11.6 Å². The summed E-state index contributed by atoms with van der Waals surface area (Å²) in [5, 5.41) is 6.42. The monoisotopic (exact) mass is 453 g/mol. The summed E-state index contributed by atoms with van der Waals surface area (Å²) in [6.45, 7) is 2.50. The Balaban J connectivity index is 1.73. The Bertz CT molecular complexity index is 1140. The van der Waals surface area contributed by atoms with E-state index in [1.165, 1.54) is 13.2 Å². The number of aromatic nitrogens is 2. The quantitative estimate of drug-likeness (QED) is 0.507. The average Bonchev–Trinajstić information content (AvgIpc) is 3.33. The number of likely N-dealkylation sites (N-methyl/N-ethyl adjacent to an activating group) is 1. The summed E-state index contributed by atoms with van der Waals surface area (Å²) >= 11 is 0. The first-order valence-electron chi connectivity index (χ1n) is 10.9. The van der Waals surface area contributed by atoms with Gasteiger partial charge in [0.25, 0.3) is 0 Å². The van der Waals surface area contributed by atoms with Gasteiger partial charge in [0.2, 0.25) is 11.8 Å². The minimum atomic E-state index is -0.451. The molecule has 1 aromatic carbocycles. The van der Waals surface area contributed by atoms with Gasteiger partial charge in [-0.25, -0.2) is 14.4 Å². The van der Waals surface area contributed by atoms with Gasteiger partial charge in [0.15, 0.2) is 11.6 Å². The van der Waals surface area contributed by atoms with Crippen molar-refractivity contribution in [3.05, 3.63) is 42.3 Å². The van der Waals surface area contributed by atoms with Gasteiger partial charge in [-0.1, -0.05) is 0 Å². The normalized spacial score (nSPS) is 15.6. The van der Waals surface area contributed by atoms with E-state index < -0.39 is 5.82 Å². The molecule has 33 heavy (non-hydrogen) atoms. The largest absolute Gasteiger partial charge is 0.494 e. The van der Waals surface area contributed by atoms with E-state index in [2.05, 4.69) is 20.5 Å². The van der Waals surface area contributed by atoms with E-state index in [1.54, 1.807) is 25.4 Å². The number of carbonyl (C=O) groups is 1. The van der Waals surface area contributed by atoms with Gasteiger partial charge < -0.3 is 25.0 Å². The molecule has 1 aliphatic rings. The standard InChI is InChI=1S/C24H28FN5O3/c1-26-7-9-33-23-5-4-15(13-28-23)19-11-21(30-8-6-16(14-30)24(31)27-2)17-10-18(25)22(32-3)12-20(17)29-19/h4-5,10-13,16,26H,6-9,14H2,1-3H3,(H,27,31). The highest BCUT2D eigenvalue weighted by atomic mass is 19.1. The van der Waals surface area contributed by atoms with Crippen LogP contribution in [0, 0.1) is 11.7 Å². The van der Waals surface area contributed by atoms with Crippen molar-refractivity contribution < 1.29 is 18.7 Å². The first kappa shape index (κ1) is 22.7. The Morgan fingerprint density at radius 2 is 2.12 bits per heavy atom. The van der Waals surface area contributed by atoms with Crippen LogP contribution < -0.4 is 25.0 Å². The van der Waals surface area contributed by atoms with E-state index in [0.29, 0.717) is 42.2 Å². The molecule has 174 valence electrons. The van der Waals surface area contributed by atoms with Gasteiger partial charge in [0.05, 0.1) is 24.2 Å². The Morgan fingerprint density at radius 3 is 2.82 bits per heavy atom. The van der Waals surface area contributed by atoms with Gasteiger partial charge in [0, 0.05) is 61.6 Å². The third kappa shape index (κ3) is 4.83. The van der Waals surface area contributed by atoms with E-state index in [0.717, 1.165) is 24.2 Å². The number of methoxy groups -OCH3 is 1. The molecule has 2 aromatic heterocycles. The second-order valence-electron chi connectivity index (χ2n) is 7.91. The fourth-order valence-corrected chi connectivity index (χ4v) is 4.05. The van der Waals surface area contributed by atoms with Crippen molar-refractivity contribution in [2.45, 2.75) is 6.42 Å². The zero-order valence-corrected chi connectivity index (χ0v) is 19.0. The first-order valence-corrected chi connectivity index (χ1v) is 10.9. The average molecular weight is 454 g/mol. The lowest BCUT2D eigenvalue weighted by Gasteiger charge is -2.22. The van der Waals surface area contributed by atoms with Crippen molar-refractivity contribution in [3.8, 4) is 22.9 Å². The number of halogens is 1. The maximum atomic E-state index is 14.6. The van der Waals surface area contributed by atoms with Gasteiger partial charge in [-0.3, -0.25) is 4.79 Å². The number of hydrogen-bond acceptors (Lipinski definition) is 7. The summed E-state index contributed by atoms with van der Waals surface area (Å²) in [6.07, 6.45) is 2.45. The lowest BCUT2D eigenvalue weighted by atomic mass is 10.1. The Hall–Kier alpha value is -3.46. The summed E-state index contributed by atoms with van der Waals surface area (Å²) < 4.78 is 25.4. The van der Waals surface area contributed by atoms with E-state index >= 15 is 0 Å². The lowest BCUT2D eigenvalue weighted by molar-refractivity contribution is -0.123. The zero-order chi connectivity index (χ0) is 23.4. The fraction of sp³-hybridized carbons (Fsp3) is 0.375. The molecule has 4 rings (SSSR count). The lowest BCUT2D eigenvalue weighted by Crippen LogP contribution is -2.30. The number of anilines is 1. The highest BCUT2D eigenvalue weighted by Gasteiger charge is 2.29. The van der Waals surface area contributed by atoms with Crippen LogP contribution in [0.3, 0.4) is 0 Å². The summed E-state index contributed by atoms with van der Waals surface area (Å²) in [6, 6.07) is 8.69.